The highest BCUT2D eigenvalue weighted by Crippen LogP contribution is 2.28. The van der Waals surface area contributed by atoms with Crippen LogP contribution >= 0.6 is 11.6 Å². The van der Waals surface area contributed by atoms with E-state index in [4.69, 9.17) is 16.7 Å². The first-order chi connectivity index (χ1) is 9.97. The normalized spacial score (nSPS) is 21.8. The molecule has 1 aromatic rings. The molecule has 5 heteroatoms. The number of benzene rings is 1. The Morgan fingerprint density at radius 1 is 1.29 bits per heavy atom. The molecule has 0 spiro atoms. The van der Waals surface area contributed by atoms with Crippen LogP contribution in [0.25, 0.3) is 0 Å². The molecule has 1 aromatic carbocycles. The predicted octanol–water partition coefficient (Wildman–Crippen LogP) is 3.27. The zero-order chi connectivity index (χ0) is 15.4. The van der Waals surface area contributed by atoms with Crippen LogP contribution in [0.1, 0.15) is 41.6 Å². The minimum Gasteiger partial charge on any atom is -0.481 e. The number of carbonyl (C=O) groups excluding carboxylic acids is 1. The number of rotatable bonds is 4. The second-order valence-corrected chi connectivity index (χ2v) is 6.16. The van der Waals surface area contributed by atoms with E-state index in [0.29, 0.717) is 35.9 Å². The highest BCUT2D eigenvalue weighted by Gasteiger charge is 2.26. The number of hydrogen-bond donors (Lipinski definition) is 2. The van der Waals surface area contributed by atoms with Crippen molar-refractivity contribution in [3.8, 4) is 0 Å². The molecular formula is C16H20ClNO3. The Labute approximate surface area is 129 Å². The first-order valence-corrected chi connectivity index (χ1v) is 7.62. The molecule has 21 heavy (non-hydrogen) atoms. The van der Waals surface area contributed by atoms with E-state index in [9.17, 15) is 9.59 Å². The fourth-order valence-corrected chi connectivity index (χ4v) is 2.96. The number of amides is 1. The lowest BCUT2D eigenvalue weighted by Crippen LogP contribution is -2.32. The highest BCUT2D eigenvalue weighted by atomic mass is 35.5. The van der Waals surface area contributed by atoms with E-state index in [0.717, 1.165) is 18.4 Å². The topological polar surface area (TPSA) is 66.4 Å². The average Bonchev–Trinajstić information content (AvgIpc) is 2.47. The number of hydrogen-bond acceptors (Lipinski definition) is 2. The molecule has 0 radical (unpaired) electrons. The summed E-state index contributed by atoms with van der Waals surface area (Å²) < 4.78 is 0. The Balaban J connectivity index is 1.85. The molecule has 0 unspecified atom stereocenters. The van der Waals surface area contributed by atoms with Crippen molar-refractivity contribution in [2.24, 2.45) is 11.8 Å². The molecule has 0 aromatic heterocycles. The van der Waals surface area contributed by atoms with E-state index < -0.39 is 5.97 Å². The van der Waals surface area contributed by atoms with Gasteiger partial charge in [-0.3, -0.25) is 9.59 Å². The molecule has 2 rings (SSSR count). The molecule has 1 aliphatic carbocycles. The van der Waals surface area contributed by atoms with Crippen LogP contribution in [-0.4, -0.2) is 23.5 Å². The molecule has 2 N–H and O–H groups in total. The third-order valence-corrected chi connectivity index (χ3v) is 4.43. The van der Waals surface area contributed by atoms with E-state index >= 15 is 0 Å². The van der Waals surface area contributed by atoms with Gasteiger partial charge in [-0.15, -0.1) is 0 Å². The Hall–Kier alpha value is -1.55. The van der Waals surface area contributed by atoms with Crippen molar-refractivity contribution in [1.29, 1.82) is 0 Å². The maximum atomic E-state index is 12.2. The van der Waals surface area contributed by atoms with Crippen LogP contribution in [-0.2, 0) is 4.79 Å². The molecular weight excluding hydrogens is 290 g/mol. The summed E-state index contributed by atoms with van der Waals surface area (Å²) in [5.74, 6) is -0.668. The van der Waals surface area contributed by atoms with Crippen molar-refractivity contribution < 1.29 is 14.7 Å². The molecule has 0 bridgehead atoms. The molecule has 1 saturated carbocycles. The van der Waals surface area contributed by atoms with Crippen LogP contribution in [0.2, 0.25) is 5.02 Å². The van der Waals surface area contributed by atoms with Crippen molar-refractivity contribution in [3.63, 3.8) is 0 Å². The van der Waals surface area contributed by atoms with E-state index in [1.54, 1.807) is 12.1 Å². The summed E-state index contributed by atoms with van der Waals surface area (Å²) in [6.45, 7) is 2.47. The Morgan fingerprint density at radius 3 is 2.57 bits per heavy atom. The van der Waals surface area contributed by atoms with Crippen LogP contribution in [0.15, 0.2) is 18.2 Å². The largest absolute Gasteiger partial charge is 0.481 e. The van der Waals surface area contributed by atoms with Gasteiger partial charge in [0, 0.05) is 17.1 Å². The monoisotopic (exact) mass is 309 g/mol. The zero-order valence-electron chi connectivity index (χ0n) is 12.1. The Bertz CT molecular complexity index is 536. The van der Waals surface area contributed by atoms with Gasteiger partial charge in [-0.05, 0) is 56.2 Å². The summed E-state index contributed by atoms with van der Waals surface area (Å²) in [5, 5.41) is 12.5. The third-order valence-electron chi connectivity index (χ3n) is 4.19. The van der Waals surface area contributed by atoms with Gasteiger partial charge >= 0.3 is 5.97 Å². The standard InChI is InChI=1S/C16H20ClNO3/c1-10-2-7-13(17)8-14(10)15(19)18-9-11-3-5-12(6-4-11)16(20)21/h2,7-8,11-12H,3-6,9H2,1H3,(H,18,19)(H,20,21). The summed E-state index contributed by atoms with van der Waals surface area (Å²) >= 11 is 5.92. The van der Waals surface area contributed by atoms with Gasteiger partial charge in [0.2, 0.25) is 0 Å². The molecule has 0 aliphatic heterocycles. The molecule has 0 atom stereocenters. The number of halogens is 1. The number of aryl methyl sites for hydroxylation is 1. The summed E-state index contributed by atoms with van der Waals surface area (Å²) in [6, 6.07) is 5.27. The lowest BCUT2D eigenvalue weighted by atomic mass is 9.82. The zero-order valence-corrected chi connectivity index (χ0v) is 12.8. The van der Waals surface area contributed by atoms with Crippen molar-refractivity contribution in [3.05, 3.63) is 34.3 Å². The maximum absolute atomic E-state index is 12.2. The van der Waals surface area contributed by atoms with E-state index in [1.807, 2.05) is 13.0 Å². The third kappa shape index (κ3) is 4.21. The van der Waals surface area contributed by atoms with Gasteiger partial charge in [-0.25, -0.2) is 0 Å². The lowest BCUT2D eigenvalue weighted by Gasteiger charge is -2.26. The fourth-order valence-electron chi connectivity index (χ4n) is 2.78. The quantitative estimate of drug-likeness (QED) is 0.897. The molecule has 4 nitrogen and oxygen atoms in total. The van der Waals surface area contributed by atoms with Gasteiger partial charge in [-0.2, -0.15) is 0 Å². The predicted molar refractivity (Wildman–Crippen MR) is 81.6 cm³/mol. The van der Waals surface area contributed by atoms with E-state index in [1.165, 1.54) is 0 Å². The summed E-state index contributed by atoms with van der Waals surface area (Å²) in [5.41, 5.74) is 1.49. The van der Waals surface area contributed by atoms with Gasteiger partial charge in [0.25, 0.3) is 5.91 Å². The number of carbonyl (C=O) groups is 2. The van der Waals surface area contributed by atoms with Crippen LogP contribution in [0.3, 0.4) is 0 Å². The molecule has 114 valence electrons. The molecule has 1 fully saturated rings. The average molecular weight is 310 g/mol. The van der Waals surface area contributed by atoms with Gasteiger partial charge < -0.3 is 10.4 Å². The van der Waals surface area contributed by atoms with Crippen LogP contribution in [0.5, 0.6) is 0 Å². The minimum absolute atomic E-state index is 0.115. The van der Waals surface area contributed by atoms with Gasteiger partial charge in [-0.1, -0.05) is 17.7 Å². The van der Waals surface area contributed by atoms with Gasteiger partial charge in [0.15, 0.2) is 0 Å². The number of carboxylic acids is 1. The van der Waals surface area contributed by atoms with Crippen molar-refractivity contribution >= 4 is 23.5 Å². The Morgan fingerprint density at radius 2 is 1.95 bits per heavy atom. The molecule has 0 saturated heterocycles. The van der Waals surface area contributed by atoms with Crippen molar-refractivity contribution in [1.82, 2.24) is 5.32 Å². The van der Waals surface area contributed by atoms with Crippen LogP contribution in [0, 0.1) is 18.8 Å². The summed E-state index contributed by atoms with van der Waals surface area (Å²) in [6.07, 6.45) is 3.11. The molecule has 1 amide bonds. The van der Waals surface area contributed by atoms with E-state index in [-0.39, 0.29) is 11.8 Å². The lowest BCUT2D eigenvalue weighted by molar-refractivity contribution is -0.143. The van der Waals surface area contributed by atoms with Crippen molar-refractivity contribution in [2.75, 3.05) is 6.54 Å². The second-order valence-electron chi connectivity index (χ2n) is 5.73. The highest BCUT2D eigenvalue weighted by molar-refractivity contribution is 6.31. The van der Waals surface area contributed by atoms with Crippen molar-refractivity contribution in [2.45, 2.75) is 32.6 Å². The first kappa shape index (κ1) is 15.8. The maximum Gasteiger partial charge on any atom is 0.306 e. The van der Waals surface area contributed by atoms with Gasteiger partial charge in [0.05, 0.1) is 5.92 Å². The minimum atomic E-state index is -0.702. The SMILES string of the molecule is Cc1ccc(Cl)cc1C(=O)NCC1CCC(C(=O)O)CC1. The number of aliphatic carboxylic acids is 1. The first-order valence-electron chi connectivity index (χ1n) is 7.24. The second kappa shape index (κ2) is 6.94. The van der Waals surface area contributed by atoms with Crippen LogP contribution < -0.4 is 5.32 Å². The smallest absolute Gasteiger partial charge is 0.306 e. The fraction of sp³-hybridized carbons (Fsp3) is 0.500. The number of carboxylic acid groups (broad SMARTS) is 1. The molecule has 0 heterocycles. The van der Waals surface area contributed by atoms with Gasteiger partial charge in [0.1, 0.15) is 0 Å². The molecule has 1 aliphatic rings. The Kier molecular flexibility index (Phi) is 5.23. The van der Waals surface area contributed by atoms with E-state index in [2.05, 4.69) is 5.32 Å². The summed E-state index contributed by atoms with van der Waals surface area (Å²) in [7, 11) is 0. The number of nitrogens with one attached hydrogen (secondary N) is 1. The summed E-state index contributed by atoms with van der Waals surface area (Å²) in [4.78, 5) is 23.1. The van der Waals surface area contributed by atoms with Crippen LogP contribution in [0.4, 0.5) is 0 Å².